The fourth-order valence-electron chi connectivity index (χ4n) is 3.99. The molecule has 1 aromatic heterocycles. The van der Waals surface area contributed by atoms with Gasteiger partial charge in [-0.25, -0.2) is 17.7 Å². The number of sulfonamides is 1. The van der Waals surface area contributed by atoms with E-state index in [4.69, 9.17) is 23.2 Å². The van der Waals surface area contributed by atoms with Gasteiger partial charge in [0, 0.05) is 47.6 Å². The molecule has 7 nitrogen and oxygen atoms in total. The van der Waals surface area contributed by atoms with Gasteiger partial charge in [-0.2, -0.15) is 0 Å². The molecule has 1 fully saturated rings. The van der Waals surface area contributed by atoms with Crippen molar-refractivity contribution in [3.63, 3.8) is 0 Å². The maximum Gasteiger partial charge on any atom is 0.224 e. The largest absolute Gasteiger partial charge is 0.352 e. The van der Waals surface area contributed by atoms with Gasteiger partial charge in [0.25, 0.3) is 0 Å². The van der Waals surface area contributed by atoms with Gasteiger partial charge in [0.05, 0.1) is 23.7 Å². The molecular weight excluding hydrogens is 483 g/mol. The molecule has 1 N–H and O–H groups in total. The molecule has 1 saturated heterocycles. The van der Waals surface area contributed by atoms with Crippen molar-refractivity contribution in [2.24, 2.45) is 5.92 Å². The van der Waals surface area contributed by atoms with Crippen molar-refractivity contribution in [1.82, 2.24) is 19.2 Å². The summed E-state index contributed by atoms with van der Waals surface area (Å²) in [5.41, 5.74) is 2.25. The topological polar surface area (TPSA) is 84.3 Å². The first-order valence-electron chi connectivity index (χ1n) is 10.6. The van der Waals surface area contributed by atoms with Gasteiger partial charge in [-0.15, -0.1) is 0 Å². The third-order valence-electron chi connectivity index (χ3n) is 5.76. The zero-order chi connectivity index (χ0) is 23.4. The average molecular weight is 507 g/mol. The first-order valence-corrected chi connectivity index (χ1v) is 13.0. The van der Waals surface area contributed by atoms with Crippen LogP contribution in [0, 0.1) is 5.92 Å². The number of amides is 1. The van der Waals surface area contributed by atoms with Gasteiger partial charge in [-0.3, -0.25) is 4.79 Å². The lowest BCUT2D eigenvalue weighted by Crippen LogP contribution is -2.45. The number of halogens is 2. The smallest absolute Gasteiger partial charge is 0.224 e. The fraction of sp³-hybridized carbons (Fsp3) is 0.304. The number of imidazole rings is 1. The Kier molecular flexibility index (Phi) is 7.38. The Morgan fingerprint density at radius 1 is 1.12 bits per heavy atom. The number of nitrogens with one attached hydrogen (secondary N) is 1. The predicted octanol–water partition coefficient (Wildman–Crippen LogP) is 4.04. The van der Waals surface area contributed by atoms with E-state index < -0.39 is 15.9 Å². The number of hydrogen-bond acceptors (Lipinski definition) is 4. The van der Waals surface area contributed by atoms with Crippen molar-refractivity contribution in [3.05, 3.63) is 82.4 Å². The second-order valence-corrected chi connectivity index (χ2v) is 10.8. The third-order valence-corrected chi connectivity index (χ3v) is 8.24. The van der Waals surface area contributed by atoms with Crippen molar-refractivity contribution in [3.8, 4) is 5.69 Å². The minimum atomic E-state index is -3.68. The van der Waals surface area contributed by atoms with Gasteiger partial charge in [0.2, 0.25) is 15.9 Å². The zero-order valence-electron chi connectivity index (χ0n) is 17.8. The molecule has 1 unspecified atom stereocenters. The number of para-hydroxylation sites is 1. The highest BCUT2D eigenvalue weighted by Gasteiger charge is 2.33. The third kappa shape index (κ3) is 5.58. The minimum Gasteiger partial charge on any atom is -0.352 e. The lowest BCUT2D eigenvalue weighted by molar-refractivity contribution is -0.126. The van der Waals surface area contributed by atoms with Gasteiger partial charge >= 0.3 is 0 Å². The van der Waals surface area contributed by atoms with Crippen LogP contribution in [0.15, 0.2) is 61.2 Å². The lowest BCUT2D eigenvalue weighted by Gasteiger charge is -2.31. The summed E-state index contributed by atoms with van der Waals surface area (Å²) in [6, 6.07) is 12.6. The van der Waals surface area contributed by atoms with Gasteiger partial charge in [-0.1, -0.05) is 47.5 Å². The molecule has 0 radical (unpaired) electrons. The molecule has 0 saturated carbocycles. The highest BCUT2D eigenvalue weighted by Crippen LogP contribution is 2.29. The normalized spacial score (nSPS) is 17.1. The van der Waals surface area contributed by atoms with Crippen LogP contribution in [-0.4, -0.2) is 41.3 Å². The number of carbonyl (C=O) groups is 1. The van der Waals surface area contributed by atoms with Crippen LogP contribution in [-0.2, 0) is 27.1 Å². The number of aromatic nitrogens is 2. The highest BCUT2D eigenvalue weighted by molar-refractivity contribution is 7.88. The van der Waals surface area contributed by atoms with Gasteiger partial charge < -0.3 is 9.88 Å². The van der Waals surface area contributed by atoms with Crippen LogP contribution in [0.4, 0.5) is 0 Å². The summed E-state index contributed by atoms with van der Waals surface area (Å²) >= 11 is 12.3. The van der Waals surface area contributed by atoms with E-state index in [0.717, 1.165) is 11.3 Å². The number of piperidine rings is 1. The number of carbonyl (C=O) groups excluding carboxylic acids is 1. The Morgan fingerprint density at radius 3 is 2.61 bits per heavy atom. The fourth-order valence-corrected chi connectivity index (χ4v) is 6.36. The molecule has 1 amide bonds. The zero-order valence-corrected chi connectivity index (χ0v) is 20.2. The van der Waals surface area contributed by atoms with E-state index in [2.05, 4.69) is 10.3 Å². The molecular formula is C23H24Cl2N4O3S. The van der Waals surface area contributed by atoms with Crippen molar-refractivity contribution < 1.29 is 13.2 Å². The van der Waals surface area contributed by atoms with Crippen molar-refractivity contribution >= 4 is 39.1 Å². The monoisotopic (exact) mass is 506 g/mol. The molecule has 0 bridgehead atoms. The van der Waals surface area contributed by atoms with Crippen LogP contribution in [0.25, 0.3) is 5.69 Å². The van der Waals surface area contributed by atoms with E-state index in [0.29, 0.717) is 41.5 Å². The Hall–Kier alpha value is -2.39. The number of benzene rings is 2. The summed E-state index contributed by atoms with van der Waals surface area (Å²) < 4.78 is 29.4. The molecule has 1 atom stereocenters. The van der Waals surface area contributed by atoms with Crippen molar-refractivity contribution in [1.29, 1.82) is 0 Å². The van der Waals surface area contributed by atoms with Crippen LogP contribution in [0.1, 0.15) is 24.0 Å². The van der Waals surface area contributed by atoms with E-state index in [1.165, 1.54) is 4.31 Å². The van der Waals surface area contributed by atoms with Crippen LogP contribution in [0.2, 0.25) is 10.0 Å². The number of hydrogen-bond donors (Lipinski definition) is 1. The molecule has 2 aromatic carbocycles. The van der Waals surface area contributed by atoms with E-state index in [1.54, 1.807) is 30.7 Å². The summed E-state index contributed by atoms with van der Waals surface area (Å²) in [4.78, 5) is 17.0. The van der Waals surface area contributed by atoms with Crippen molar-refractivity contribution in [2.75, 3.05) is 13.1 Å². The Balaban J connectivity index is 1.41. The van der Waals surface area contributed by atoms with Crippen LogP contribution in [0.3, 0.4) is 0 Å². The Labute approximate surface area is 203 Å². The quantitative estimate of drug-likeness (QED) is 0.523. The van der Waals surface area contributed by atoms with Crippen LogP contribution < -0.4 is 5.32 Å². The first-order chi connectivity index (χ1) is 15.8. The molecule has 0 aliphatic carbocycles. The van der Waals surface area contributed by atoms with Gasteiger partial charge in [0.15, 0.2) is 0 Å². The Bertz CT molecular complexity index is 1210. The van der Waals surface area contributed by atoms with Crippen LogP contribution >= 0.6 is 23.2 Å². The summed E-state index contributed by atoms with van der Waals surface area (Å²) in [5, 5.41) is 3.60. The Morgan fingerprint density at radius 2 is 1.88 bits per heavy atom. The van der Waals surface area contributed by atoms with Crippen LogP contribution in [0.5, 0.6) is 0 Å². The first kappa shape index (κ1) is 23.8. The molecule has 2 heterocycles. The molecule has 33 heavy (non-hydrogen) atoms. The molecule has 10 heteroatoms. The van der Waals surface area contributed by atoms with E-state index >= 15 is 0 Å². The summed E-state index contributed by atoms with van der Waals surface area (Å²) in [6.45, 7) is 0.850. The maximum atomic E-state index is 13.1. The summed E-state index contributed by atoms with van der Waals surface area (Å²) in [6.07, 6.45) is 6.49. The number of nitrogens with zero attached hydrogens (tertiary/aromatic N) is 3. The second kappa shape index (κ2) is 10.3. The minimum absolute atomic E-state index is 0.138. The molecule has 1 aliphatic heterocycles. The molecule has 3 aromatic rings. The molecule has 4 rings (SSSR count). The van der Waals surface area contributed by atoms with E-state index in [1.807, 2.05) is 35.0 Å². The standard InChI is InChI=1S/C23H24Cl2N4O3S/c24-20-7-3-8-21(25)19(20)15-33(31,32)29-11-4-6-18(14-29)23(30)27-13-17-5-1-2-9-22(17)28-12-10-26-16-28/h1-3,5,7-10,12,16,18H,4,6,11,13-15H2,(H,27,30). The van der Waals surface area contributed by atoms with E-state index in [9.17, 15) is 13.2 Å². The average Bonchev–Trinajstić information content (AvgIpc) is 3.35. The van der Waals surface area contributed by atoms with Crippen molar-refractivity contribution in [2.45, 2.75) is 25.1 Å². The number of rotatable bonds is 7. The molecule has 1 aliphatic rings. The SMILES string of the molecule is O=C(NCc1ccccc1-n1ccnc1)C1CCCN(S(=O)(=O)Cc2c(Cl)cccc2Cl)C1. The summed E-state index contributed by atoms with van der Waals surface area (Å²) in [7, 11) is -3.68. The van der Waals surface area contributed by atoms with Gasteiger partial charge in [-0.05, 0) is 36.6 Å². The molecule has 0 spiro atoms. The predicted molar refractivity (Wildman–Crippen MR) is 129 cm³/mol. The highest BCUT2D eigenvalue weighted by atomic mass is 35.5. The lowest BCUT2D eigenvalue weighted by atomic mass is 9.98. The second-order valence-electron chi connectivity index (χ2n) is 7.97. The summed E-state index contributed by atoms with van der Waals surface area (Å²) in [5.74, 6) is -0.875. The molecule has 174 valence electrons. The maximum absolute atomic E-state index is 13.1. The van der Waals surface area contributed by atoms with Gasteiger partial charge in [0.1, 0.15) is 0 Å². The van der Waals surface area contributed by atoms with E-state index in [-0.39, 0.29) is 18.2 Å².